The highest BCUT2D eigenvalue weighted by Crippen LogP contribution is 2.30. The van der Waals surface area contributed by atoms with Gasteiger partial charge in [0.2, 0.25) is 0 Å². The van der Waals surface area contributed by atoms with Crippen LogP contribution in [0, 0.1) is 13.8 Å². The summed E-state index contributed by atoms with van der Waals surface area (Å²) >= 11 is 0. The quantitative estimate of drug-likeness (QED) is 0.685. The highest BCUT2D eigenvalue weighted by atomic mass is 16.5. The first-order chi connectivity index (χ1) is 6.61. The van der Waals surface area contributed by atoms with Crippen LogP contribution in [0.4, 0.5) is 0 Å². The summed E-state index contributed by atoms with van der Waals surface area (Å²) in [5.41, 5.74) is 4.57. The van der Waals surface area contributed by atoms with Crippen molar-refractivity contribution in [2.24, 2.45) is 0 Å². The van der Waals surface area contributed by atoms with Crippen molar-refractivity contribution in [3.8, 4) is 0 Å². The monoisotopic (exact) mass is 189 g/mol. The molecule has 1 heterocycles. The first-order valence-corrected chi connectivity index (χ1v) is 4.96. The Morgan fingerprint density at radius 3 is 2.57 bits per heavy atom. The minimum Gasteiger partial charge on any atom is -0.356 e. The van der Waals surface area contributed by atoms with Gasteiger partial charge in [-0.05, 0) is 37.0 Å². The Morgan fingerprint density at radius 2 is 1.93 bits per heavy atom. The van der Waals surface area contributed by atoms with Crippen LogP contribution < -0.4 is 0 Å². The van der Waals surface area contributed by atoms with Crippen molar-refractivity contribution < 1.29 is 4.52 Å². The van der Waals surface area contributed by atoms with E-state index < -0.39 is 0 Å². The molecule has 1 aromatic carbocycles. The van der Waals surface area contributed by atoms with Crippen molar-refractivity contribution in [2.45, 2.75) is 33.6 Å². The van der Waals surface area contributed by atoms with E-state index in [0.29, 0.717) is 5.92 Å². The molecular weight excluding hydrogens is 174 g/mol. The Balaban J connectivity index is 2.87. The van der Waals surface area contributed by atoms with Crippen LogP contribution in [0.3, 0.4) is 0 Å². The summed E-state index contributed by atoms with van der Waals surface area (Å²) in [6, 6.07) is 4.10. The maximum atomic E-state index is 5.24. The normalized spacial score (nSPS) is 11.5. The van der Waals surface area contributed by atoms with Crippen LogP contribution in [0.2, 0.25) is 0 Å². The number of benzene rings is 1. The molecule has 2 rings (SSSR count). The lowest BCUT2D eigenvalue weighted by Gasteiger charge is -2.10. The Kier molecular flexibility index (Phi) is 2.06. The van der Waals surface area contributed by atoms with Gasteiger partial charge in [0.05, 0.1) is 5.69 Å². The van der Waals surface area contributed by atoms with Gasteiger partial charge < -0.3 is 4.52 Å². The molecule has 0 amide bonds. The first-order valence-electron chi connectivity index (χ1n) is 4.96. The van der Waals surface area contributed by atoms with E-state index in [0.717, 1.165) is 11.3 Å². The zero-order valence-electron chi connectivity index (χ0n) is 9.09. The number of nitrogens with zero attached hydrogens (tertiary/aromatic N) is 1. The highest BCUT2D eigenvalue weighted by Gasteiger charge is 2.13. The molecule has 14 heavy (non-hydrogen) atoms. The van der Waals surface area contributed by atoms with E-state index in [1.165, 1.54) is 16.5 Å². The van der Waals surface area contributed by atoms with Crippen LogP contribution in [0.5, 0.6) is 0 Å². The molecule has 0 atom stereocenters. The summed E-state index contributed by atoms with van der Waals surface area (Å²) in [5, 5.41) is 5.20. The summed E-state index contributed by atoms with van der Waals surface area (Å²) in [7, 11) is 0. The average Bonchev–Trinajstić information content (AvgIpc) is 2.47. The average molecular weight is 189 g/mol. The predicted molar refractivity (Wildman–Crippen MR) is 57.6 cm³/mol. The lowest BCUT2D eigenvalue weighted by molar-refractivity contribution is 0.450. The predicted octanol–water partition coefficient (Wildman–Crippen LogP) is 3.57. The zero-order chi connectivity index (χ0) is 10.3. The zero-order valence-corrected chi connectivity index (χ0v) is 9.09. The molecule has 0 saturated heterocycles. The van der Waals surface area contributed by atoms with Gasteiger partial charge in [0.1, 0.15) is 0 Å². The third-order valence-electron chi connectivity index (χ3n) is 2.65. The lowest BCUT2D eigenvalue weighted by Crippen LogP contribution is -1.93. The standard InChI is InChI=1S/C12H15NO/c1-7(2)11-8(3)5-6-10-12(11)9(4)13-14-10/h5-7H,1-4H3. The number of aromatic nitrogens is 1. The number of hydrogen-bond acceptors (Lipinski definition) is 2. The molecule has 0 aliphatic carbocycles. The molecule has 2 heteroatoms. The lowest BCUT2D eigenvalue weighted by atomic mass is 9.93. The van der Waals surface area contributed by atoms with Gasteiger partial charge in [0, 0.05) is 5.39 Å². The highest BCUT2D eigenvalue weighted by molar-refractivity contribution is 5.84. The van der Waals surface area contributed by atoms with Crippen LogP contribution >= 0.6 is 0 Å². The molecule has 0 unspecified atom stereocenters. The molecule has 0 radical (unpaired) electrons. The van der Waals surface area contributed by atoms with E-state index in [9.17, 15) is 0 Å². The SMILES string of the molecule is Cc1ccc2onc(C)c2c1C(C)C. The van der Waals surface area contributed by atoms with Crippen LogP contribution in [0.25, 0.3) is 11.0 Å². The maximum absolute atomic E-state index is 5.24. The van der Waals surface area contributed by atoms with Gasteiger partial charge >= 0.3 is 0 Å². The number of aryl methyl sites for hydroxylation is 2. The molecule has 74 valence electrons. The van der Waals surface area contributed by atoms with E-state index >= 15 is 0 Å². The largest absolute Gasteiger partial charge is 0.356 e. The second kappa shape index (κ2) is 3.12. The fraction of sp³-hybridized carbons (Fsp3) is 0.417. The minimum absolute atomic E-state index is 0.511. The van der Waals surface area contributed by atoms with Crippen molar-refractivity contribution >= 4 is 11.0 Å². The fourth-order valence-corrected chi connectivity index (χ4v) is 2.06. The third-order valence-corrected chi connectivity index (χ3v) is 2.65. The van der Waals surface area contributed by atoms with E-state index in [2.05, 4.69) is 32.0 Å². The van der Waals surface area contributed by atoms with Crippen molar-refractivity contribution in [1.82, 2.24) is 5.16 Å². The first kappa shape index (κ1) is 9.25. The van der Waals surface area contributed by atoms with Gasteiger partial charge in [-0.3, -0.25) is 0 Å². The van der Waals surface area contributed by atoms with Crippen LogP contribution in [-0.2, 0) is 0 Å². The Hall–Kier alpha value is -1.31. The van der Waals surface area contributed by atoms with Crippen LogP contribution in [0.15, 0.2) is 16.7 Å². The van der Waals surface area contributed by atoms with Gasteiger partial charge in [-0.1, -0.05) is 25.1 Å². The molecule has 0 fully saturated rings. The van der Waals surface area contributed by atoms with Gasteiger partial charge in [0.25, 0.3) is 0 Å². The third kappa shape index (κ3) is 1.22. The van der Waals surface area contributed by atoms with Crippen LogP contribution in [-0.4, -0.2) is 5.16 Å². The summed E-state index contributed by atoms with van der Waals surface area (Å²) in [5.74, 6) is 0.511. The van der Waals surface area contributed by atoms with Crippen molar-refractivity contribution in [3.63, 3.8) is 0 Å². The molecule has 0 N–H and O–H groups in total. The topological polar surface area (TPSA) is 26.0 Å². The van der Waals surface area contributed by atoms with E-state index in [1.54, 1.807) is 0 Å². The van der Waals surface area contributed by atoms with Crippen LogP contribution in [0.1, 0.15) is 36.6 Å². The summed E-state index contributed by atoms with van der Waals surface area (Å²) in [6.07, 6.45) is 0. The molecule has 2 nitrogen and oxygen atoms in total. The second-order valence-corrected chi connectivity index (χ2v) is 4.09. The number of fused-ring (bicyclic) bond motifs is 1. The molecule has 0 saturated carbocycles. The molecule has 0 aliphatic rings. The van der Waals surface area contributed by atoms with Crippen molar-refractivity contribution in [3.05, 3.63) is 29.0 Å². The molecule has 0 spiro atoms. The smallest absolute Gasteiger partial charge is 0.167 e. The maximum Gasteiger partial charge on any atom is 0.167 e. The summed E-state index contributed by atoms with van der Waals surface area (Å²) in [4.78, 5) is 0. The number of rotatable bonds is 1. The Labute approximate surface area is 83.9 Å². The van der Waals surface area contributed by atoms with Gasteiger partial charge in [-0.15, -0.1) is 0 Å². The Bertz CT molecular complexity index is 468. The second-order valence-electron chi connectivity index (χ2n) is 4.09. The fourth-order valence-electron chi connectivity index (χ4n) is 2.06. The molecule has 1 aromatic heterocycles. The van der Waals surface area contributed by atoms with E-state index in [1.807, 2.05) is 13.0 Å². The van der Waals surface area contributed by atoms with E-state index in [4.69, 9.17) is 4.52 Å². The van der Waals surface area contributed by atoms with Crippen molar-refractivity contribution in [2.75, 3.05) is 0 Å². The Morgan fingerprint density at radius 1 is 1.21 bits per heavy atom. The van der Waals surface area contributed by atoms with Crippen molar-refractivity contribution in [1.29, 1.82) is 0 Å². The summed E-state index contributed by atoms with van der Waals surface area (Å²) in [6.45, 7) is 8.54. The minimum atomic E-state index is 0.511. The molecule has 0 bridgehead atoms. The molecular formula is C12H15NO. The molecule has 2 aromatic rings. The molecule has 0 aliphatic heterocycles. The van der Waals surface area contributed by atoms with Gasteiger partial charge in [-0.2, -0.15) is 0 Å². The van der Waals surface area contributed by atoms with E-state index in [-0.39, 0.29) is 0 Å². The van der Waals surface area contributed by atoms with Gasteiger partial charge in [-0.25, -0.2) is 0 Å². The number of hydrogen-bond donors (Lipinski definition) is 0. The van der Waals surface area contributed by atoms with Gasteiger partial charge in [0.15, 0.2) is 5.58 Å². The summed E-state index contributed by atoms with van der Waals surface area (Å²) < 4.78 is 5.24.